The molecule has 2 heteroatoms. The molecular formula is C9H17NO. The van der Waals surface area contributed by atoms with Gasteiger partial charge in [-0.2, -0.15) is 0 Å². The van der Waals surface area contributed by atoms with E-state index in [4.69, 9.17) is 11.5 Å². The molecular weight excluding hydrogens is 138 g/mol. The molecule has 0 bridgehead atoms. The maximum atomic E-state index is 8.65. The smallest absolute Gasteiger partial charge is 0.0599 e. The van der Waals surface area contributed by atoms with Crippen molar-refractivity contribution in [2.75, 3.05) is 26.2 Å². The predicted octanol–water partition coefficient (Wildman–Crippen LogP) is 0.714. The lowest BCUT2D eigenvalue weighted by Crippen LogP contribution is -2.28. The lowest BCUT2D eigenvalue weighted by atomic mass is 10.3. The van der Waals surface area contributed by atoms with Gasteiger partial charge in [-0.15, -0.1) is 6.42 Å². The van der Waals surface area contributed by atoms with Crippen molar-refractivity contribution in [3.8, 4) is 12.3 Å². The topological polar surface area (TPSA) is 23.5 Å². The molecule has 0 aliphatic rings. The summed E-state index contributed by atoms with van der Waals surface area (Å²) in [5.41, 5.74) is 0. The number of rotatable bonds is 6. The van der Waals surface area contributed by atoms with Crippen molar-refractivity contribution in [3.63, 3.8) is 0 Å². The van der Waals surface area contributed by atoms with Gasteiger partial charge >= 0.3 is 0 Å². The van der Waals surface area contributed by atoms with Gasteiger partial charge in [-0.1, -0.05) is 19.3 Å². The van der Waals surface area contributed by atoms with Crippen LogP contribution in [0.4, 0.5) is 0 Å². The maximum absolute atomic E-state index is 8.65. The SMILES string of the molecule is C#CCN(CCO)CCCC. The van der Waals surface area contributed by atoms with E-state index in [1.54, 1.807) is 0 Å². The molecule has 0 aromatic rings. The van der Waals surface area contributed by atoms with E-state index in [1.165, 1.54) is 6.42 Å². The molecule has 0 atom stereocenters. The van der Waals surface area contributed by atoms with Crippen LogP contribution < -0.4 is 0 Å². The standard InChI is InChI=1S/C9H17NO/c1-3-5-7-10(6-4-2)8-9-11/h2,11H,3,5-9H2,1H3. The van der Waals surface area contributed by atoms with E-state index in [1.807, 2.05) is 0 Å². The zero-order valence-electron chi connectivity index (χ0n) is 7.21. The first-order chi connectivity index (χ1) is 5.35. The Morgan fingerprint density at radius 1 is 1.45 bits per heavy atom. The zero-order chi connectivity index (χ0) is 8.53. The van der Waals surface area contributed by atoms with Gasteiger partial charge in [0.15, 0.2) is 0 Å². The molecule has 0 radical (unpaired) electrons. The van der Waals surface area contributed by atoms with Crippen LogP contribution in [0.25, 0.3) is 0 Å². The molecule has 2 nitrogen and oxygen atoms in total. The molecule has 11 heavy (non-hydrogen) atoms. The summed E-state index contributed by atoms with van der Waals surface area (Å²) in [7, 11) is 0. The van der Waals surface area contributed by atoms with Gasteiger partial charge in [0.25, 0.3) is 0 Å². The van der Waals surface area contributed by atoms with E-state index in [0.717, 1.165) is 13.0 Å². The molecule has 1 N–H and O–H groups in total. The zero-order valence-corrected chi connectivity index (χ0v) is 7.21. The third-order valence-electron chi connectivity index (χ3n) is 1.56. The quantitative estimate of drug-likeness (QED) is 0.571. The Morgan fingerprint density at radius 2 is 2.18 bits per heavy atom. The minimum Gasteiger partial charge on any atom is -0.395 e. The average Bonchev–Trinajstić information content (AvgIpc) is 2.01. The molecule has 0 aliphatic heterocycles. The van der Waals surface area contributed by atoms with Gasteiger partial charge in [-0.25, -0.2) is 0 Å². The molecule has 0 aliphatic carbocycles. The van der Waals surface area contributed by atoms with Crippen molar-refractivity contribution < 1.29 is 5.11 Å². The Hall–Kier alpha value is -0.520. The second kappa shape index (κ2) is 7.59. The Labute approximate surface area is 69.2 Å². The number of unbranched alkanes of at least 4 members (excludes halogenated alkanes) is 1. The molecule has 0 rings (SSSR count). The molecule has 0 amide bonds. The average molecular weight is 155 g/mol. The van der Waals surface area contributed by atoms with Crippen LogP contribution in [-0.2, 0) is 0 Å². The molecule has 0 saturated carbocycles. The Bertz CT molecular complexity index is 117. The number of aliphatic hydroxyl groups excluding tert-OH is 1. The normalized spacial score (nSPS) is 10.0. The first kappa shape index (κ1) is 10.5. The third-order valence-corrected chi connectivity index (χ3v) is 1.56. The third kappa shape index (κ3) is 5.90. The van der Waals surface area contributed by atoms with E-state index >= 15 is 0 Å². The number of hydrogen-bond donors (Lipinski definition) is 1. The van der Waals surface area contributed by atoms with E-state index in [2.05, 4.69) is 17.7 Å². The van der Waals surface area contributed by atoms with E-state index in [0.29, 0.717) is 13.1 Å². The molecule has 0 spiro atoms. The van der Waals surface area contributed by atoms with Crippen LogP contribution in [-0.4, -0.2) is 36.2 Å². The fourth-order valence-corrected chi connectivity index (χ4v) is 0.922. The number of nitrogens with zero attached hydrogens (tertiary/aromatic N) is 1. The van der Waals surface area contributed by atoms with E-state index in [-0.39, 0.29) is 6.61 Å². The van der Waals surface area contributed by atoms with Crippen molar-refractivity contribution in [2.24, 2.45) is 0 Å². The van der Waals surface area contributed by atoms with Crippen molar-refractivity contribution in [2.45, 2.75) is 19.8 Å². The van der Waals surface area contributed by atoms with Crippen LogP contribution >= 0.6 is 0 Å². The molecule has 64 valence electrons. The van der Waals surface area contributed by atoms with Crippen molar-refractivity contribution >= 4 is 0 Å². The molecule has 0 aromatic heterocycles. The summed E-state index contributed by atoms with van der Waals surface area (Å²) in [6.07, 6.45) is 7.49. The minimum atomic E-state index is 0.200. The summed E-state index contributed by atoms with van der Waals surface area (Å²) < 4.78 is 0. The van der Waals surface area contributed by atoms with E-state index in [9.17, 15) is 0 Å². The van der Waals surface area contributed by atoms with Gasteiger partial charge < -0.3 is 5.11 Å². The van der Waals surface area contributed by atoms with Crippen molar-refractivity contribution in [3.05, 3.63) is 0 Å². The lowest BCUT2D eigenvalue weighted by molar-refractivity contribution is 0.208. The molecule has 0 heterocycles. The van der Waals surface area contributed by atoms with Crippen LogP contribution in [0, 0.1) is 12.3 Å². The Morgan fingerprint density at radius 3 is 2.64 bits per heavy atom. The highest BCUT2D eigenvalue weighted by Crippen LogP contribution is 1.92. The number of aliphatic hydroxyl groups is 1. The van der Waals surface area contributed by atoms with Crippen molar-refractivity contribution in [1.29, 1.82) is 0 Å². The van der Waals surface area contributed by atoms with Crippen LogP contribution in [0.1, 0.15) is 19.8 Å². The summed E-state index contributed by atoms with van der Waals surface area (Å²) in [5.74, 6) is 2.58. The van der Waals surface area contributed by atoms with Crippen molar-refractivity contribution in [1.82, 2.24) is 4.90 Å². The van der Waals surface area contributed by atoms with Crippen LogP contribution in [0.5, 0.6) is 0 Å². The van der Waals surface area contributed by atoms with Crippen LogP contribution in [0.15, 0.2) is 0 Å². The highest BCUT2D eigenvalue weighted by Gasteiger charge is 1.99. The lowest BCUT2D eigenvalue weighted by Gasteiger charge is -2.17. The summed E-state index contributed by atoms with van der Waals surface area (Å²) in [6, 6.07) is 0. The molecule has 0 unspecified atom stereocenters. The van der Waals surface area contributed by atoms with Crippen LogP contribution in [0.2, 0.25) is 0 Å². The summed E-state index contributed by atoms with van der Waals surface area (Å²) in [6.45, 7) is 4.70. The van der Waals surface area contributed by atoms with Gasteiger partial charge in [0.2, 0.25) is 0 Å². The second-order valence-electron chi connectivity index (χ2n) is 2.56. The monoisotopic (exact) mass is 155 g/mol. The van der Waals surface area contributed by atoms with Gasteiger partial charge in [0, 0.05) is 6.54 Å². The Balaban J connectivity index is 3.44. The van der Waals surface area contributed by atoms with Gasteiger partial charge in [0.1, 0.15) is 0 Å². The minimum absolute atomic E-state index is 0.200. The fourth-order valence-electron chi connectivity index (χ4n) is 0.922. The fraction of sp³-hybridized carbons (Fsp3) is 0.778. The van der Waals surface area contributed by atoms with E-state index < -0.39 is 0 Å². The summed E-state index contributed by atoms with van der Waals surface area (Å²) in [5, 5.41) is 8.65. The molecule has 0 fully saturated rings. The van der Waals surface area contributed by atoms with Gasteiger partial charge in [-0.05, 0) is 13.0 Å². The maximum Gasteiger partial charge on any atom is 0.0599 e. The highest BCUT2D eigenvalue weighted by molar-refractivity contribution is 4.87. The second-order valence-corrected chi connectivity index (χ2v) is 2.56. The van der Waals surface area contributed by atoms with Gasteiger partial charge in [-0.3, -0.25) is 4.90 Å². The largest absolute Gasteiger partial charge is 0.395 e. The number of hydrogen-bond acceptors (Lipinski definition) is 2. The molecule has 0 aromatic carbocycles. The highest BCUT2D eigenvalue weighted by atomic mass is 16.3. The summed E-state index contributed by atoms with van der Waals surface area (Å²) >= 11 is 0. The number of terminal acetylenes is 1. The predicted molar refractivity (Wildman–Crippen MR) is 47.3 cm³/mol. The van der Waals surface area contributed by atoms with Gasteiger partial charge in [0.05, 0.1) is 13.2 Å². The molecule has 0 saturated heterocycles. The first-order valence-corrected chi connectivity index (χ1v) is 4.11. The first-order valence-electron chi connectivity index (χ1n) is 4.11. The van der Waals surface area contributed by atoms with Crippen LogP contribution in [0.3, 0.4) is 0 Å². The Kier molecular flexibility index (Phi) is 7.23. The summed E-state index contributed by atoms with van der Waals surface area (Å²) in [4.78, 5) is 2.09.